The van der Waals surface area contributed by atoms with Crippen LogP contribution >= 0.6 is 15.9 Å². The van der Waals surface area contributed by atoms with Gasteiger partial charge in [-0.25, -0.2) is 9.59 Å². The average molecular weight is 353 g/mol. The molecule has 1 heterocycles. The highest BCUT2D eigenvalue weighted by Crippen LogP contribution is 2.24. The van der Waals surface area contributed by atoms with Crippen LogP contribution in [0.1, 0.15) is 17.3 Å². The molecule has 8 heteroatoms. The van der Waals surface area contributed by atoms with Gasteiger partial charge in [-0.2, -0.15) is 5.10 Å². The van der Waals surface area contributed by atoms with Gasteiger partial charge in [0.2, 0.25) is 0 Å². The first-order valence-corrected chi connectivity index (χ1v) is 6.92. The van der Waals surface area contributed by atoms with Crippen LogP contribution in [0.3, 0.4) is 0 Å². The van der Waals surface area contributed by atoms with E-state index in [4.69, 9.17) is 5.11 Å². The van der Waals surface area contributed by atoms with E-state index >= 15 is 0 Å². The largest absolute Gasteiger partial charge is 0.478 e. The smallest absolute Gasteiger partial charge is 0.335 e. The maximum atomic E-state index is 11.9. The second-order valence-electron chi connectivity index (χ2n) is 4.16. The van der Waals surface area contributed by atoms with Gasteiger partial charge in [0.15, 0.2) is 0 Å². The molecule has 0 aliphatic carbocycles. The summed E-state index contributed by atoms with van der Waals surface area (Å²) in [4.78, 5) is 22.7. The first-order valence-electron chi connectivity index (χ1n) is 6.13. The van der Waals surface area contributed by atoms with Crippen molar-refractivity contribution in [3.63, 3.8) is 0 Å². The van der Waals surface area contributed by atoms with Crippen molar-refractivity contribution in [1.82, 2.24) is 9.78 Å². The quantitative estimate of drug-likeness (QED) is 0.787. The molecular weight excluding hydrogens is 340 g/mol. The summed E-state index contributed by atoms with van der Waals surface area (Å²) < 4.78 is 2.18. The van der Waals surface area contributed by atoms with Gasteiger partial charge in [0, 0.05) is 17.2 Å². The van der Waals surface area contributed by atoms with E-state index in [-0.39, 0.29) is 5.56 Å². The molecular formula is C13H13BrN4O3. The minimum absolute atomic E-state index is 0.136. The lowest BCUT2D eigenvalue weighted by Gasteiger charge is -2.08. The minimum Gasteiger partial charge on any atom is -0.478 e. The Balaban J connectivity index is 2.04. The first-order chi connectivity index (χ1) is 9.99. The normalized spacial score (nSPS) is 10.2. The minimum atomic E-state index is -1.03. The van der Waals surface area contributed by atoms with Crippen LogP contribution in [0.25, 0.3) is 0 Å². The Labute approximate surface area is 129 Å². The molecule has 0 aliphatic heterocycles. The number of carboxylic acid groups (broad SMARTS) is 1. The van der Waals surface area contributed by atoms with Crippen molar-refractivity contribution in [1.29, 1.82) is 0 Å². The Hall–Kier alpha value is -2.35. The molecule has 1 aromatic heterocycles. The van der Waals surface area contributed by atoms with E-state index in [2.05, 4.69) is 31.7 Å². The van der Waals surface area contributed by atoms with Gasteiger partial charge >= 0.3 is 12.0 Å². The van der Waals surface area contributed by atoms with E-state index in [9.17, 15) is 9.59 Å². The van der Waals surface area contributed by atoms with Crippen molar-refractivity contribution in [2.24, 2.45) is 0 Å². The first kappa shape index (κ1) is 15.0. The zero-order valence-electron chi connectivity index (χ0n) is 11.1. The Bertz CT molecular complexity index is 684. The maximum Gasteiger partial charge on any atom is 0.335 e. The summed E-state index contributed by atoms with van der Waals surface area (Å²) in [6.07, 6.45) is 3.26. The molecule has 0 unspecified atom stereocenters. The van der Waals surface area contributed by atoms with Gasteiger partial charge in [0.25, 0.3) is 0 Å². The number of hydrogen-bond donors (Lipinski definition) is 3. The van der Waals surface area contributed by atoms with Crippen LogP contribution in [0.5, 0.6) is 0 Å². The van der Waals surface area contributed by atoms with Crippen molar-refractivity contribution in [3.05, 3.63) is 40.6 Å². The molecule has 2 aromatic rings. The molecule has 110 valence electrons. The third kappa shape index (κ3) is 3.82. The Morgan fingerprint density at radius 3 is 2.71 bits per heavy atom. The van der Waals surface area contributed by atoms with E-state index in [0.717, 1.165) is 0 Å². The van der Waals surface area contributed by atoms with Crippen LogP contribution in [0.4, 0.5) is 16.2 Å². The highest BCUT2D eigenvalue weighted by molar-refractivity contribution is 9.10. The number of halogens is 1. The van der Waals surface area contributed by atoms with Crippen molar-refractivity contribution in [2.75, 3.05) is 10.6 Å². The molecule has 0 bridgehead atoms. The van der Waals surface area contributed by atoms with Gasteiger partial charge in [-0.15, -0.1) is 0 Å². The van der Waals surface area contributed by atoms with Crippen LogP contribution < -0.4 is 10.6 Å². The molecule has 2 amide bonds. The fourth-order valence-corrected chi connectivity index (χ4v) is 2.11. The summed E-state index contributed by atoms with van der Waals surface area (Å²) >= 11 is 3.22. The van der Waals surface area contributed by atoms with Crippen LogP contribution in [-0.2, 0) is 6.54 Å². The summed E-state index contributed by atoms with van der Waals surface area (Å²) in [5, 5.41) is 18.2. The lowest BCUT2D eigenvalue weighted by molar-refractivity contribution is 0.0697. The zero-order chi connectivity index (χ0) is 15.4. The predicted molar refractivity (Wildman–Crippen MR) is 81.6 cm³/mol. The van der Waals surface area contributed by atoms with Crippen molar-refractivity contribution in [2.45, 2.75) is 13.5 Å². The molecule has 0 aliphatic rings. The number of nitrogens with zero attached hydrogens (tertiary/aromatic N) is 2. The van der Waals surface area contributed by atoms with Gasteiger partial charge in [0.1, 0.15) is 0 Å². The molecule has 1 aromatic carbocycles. The molecule has 0 spiro atoms. The Morgan fingerprint density at radius 1 is 1.38 bits per heavy atom. The number of benzene rings is 1. The topological polar surface area (TPSA) is 96.2 Å². The van der Waals surface area contributed by atoms with E-state index in [1.165, 1.54) is 18.2 Å². The van der Waals surface area contributed by atoms with Crippen molar-refractivity contribution in [3.8, 4) is 0 Å². The second-order valence-corrected chi connectivity index (χ2v) is 5.02. The van der Waals surface area contributed by atoms with Crippen molar-refractivity contribution >= 4 is 39.3 Å². The number of aryl methyl sites for hydroxylation is 1. The van der Waals surface area contributed by atoms with E-state index < -0.39 is 12.0 Å². The Morgan fingerprint density at radius 2 is 2.14 bits per heavy atom. The number of aromatic carboxylic acids is 1. The van der Waals surface area contributed by atoms with Crippen LogP contribution in [-0.4, -0.2) is 26.9 Å². The summed E-state index contributed by atoms with van der Waals surface area (Å²) in [5.74, 6) is -1.03. The monoisotopic (exact) mass is 352 g/mol. The van der Waals surface area contributed by atoms with Gasteiger partial charge < -0.3 is 15.7 Å². The van der Waals surface area contributed by atoms with Gasteiger partial charge in [-0.1, -0.05) is 0 Å². The molecule has 2 rings (SSSR count). The summed E-state index contributed by atoms with van der Waals surface area (Å²) in [6, 6.07) is 3.92. The molecule has 3 N–H and O–H groups in total. The lowest BCUT2D eigenvalue weighted by Crippen LogP contribution is -2.19. The number of carboxylic acids is 1. The molecule has 0 atom stereocenters. The zero-order valence-corrected chi connectivity index (χ0v) is 12.7. The lowest BCUT2D eigenvalue weighted by atomic mass is 10.2. The van der Waals surface area contributed by atoms with Gasteiger partial charge in [-0.3, -0.25) is 4.68 Å². The Kier molecular flexibility index (Phi) is 4.59. The number of hydrogen-bond acceptors (Lipinski definition) is 3. The third-order valence-electron chi connectivity index (χ3n) is 2.68. The standard InChI is InChI=1S/C13H13BrN4O3/c1-2-18-7-9(6-15-18)16-13(21)17-11-4-3-8(12(19)20)5-10(11)14/h3-7H,2H2,1H3,(H,19,20)(H2,16,17,21). The van der Waals surface area contributed by atoms with E-state index in [0.29, 0.717) is 22.4 Å². The summed E-state index contributed by atoms with van der Waals surface area (Å²) in [5.41, 5.74) is 1.19. The third-order valence-corrected chi connectivity index (χ3v) is 3.34. The summed E-state index contributed by atoms with van der Waals surface area (Å²) in [6.45, 7) is 2.66. The maximum absolute atomic E-state index is 11.9. The van der Waals surface area contributed by atoms with Crippen molar-refractivity contribution < 1.29 is 14.7 Å². The highest BCUT2D eigenvalue weighted by Gasteiger charge is 2.10. The number of aromatic nitrogens is 2. The number of carbonyl (C=O) groups excluding carboxylic acids is 1. The molecule has 0 saturated carbocycles. The molecule has 0 radical (unpaired) electrons. The fraction of sp³-hybridized carbons (Fsp3) is 0.154. The van der Waals surface area contributed by atoms with E-state index in [1.54, 1.807) is 17.1 Å². The second kappa shape index (κ2) is 6.40. The number of rotatable bonds is 4. The fourth-order valence-electron chi connectivity index (χ4n) is 1.64. The predicted octanol–water partition coefficient (Wildman–Crippen LogP) is 3.01. The highest BCUT2D eigenvalue weighted by atomic mass is 79.9. The molecule has 0 saturated heterocycles. The van der Waals surface area contributed by atoms with Crippen LogP contribution in [0.2, 0.25) is 0 Å². The number of nitrogens with one attached hydrogen (secondary N) is 2. The number of anilines is 2. The van der Waals surface area contributed by atoms with E-state index in [1.807, 2.05) is 6.92 Å². The number of urea groups is 1. The van der Waals surface area contributed by atoms with Crippen LogP contribution in [0, 0.1) is 0 Å². The average Bonchev–Trinajstić information content (AvgIpc) is 2.88. The molecule has 21 heavy (non-hydrogen) atoms. The number of amides is 2. The molecule has 7 nitrogen and oxygen atoms in total. The SMILES string of the molecule is CCn1cc(NC(=O)Nc2ccc(C(=O)O)cc2Br)cn1. The summed E-state index contributed by atoms with van der Waals surface area (Å²) in [7, 11) is 0. The van der Waals surface area contributed by atoms with Crippen LogP contribution in [0.15, 0.2) is 35.1 Å². The van der Waals surface area contributed by atoms with Gasteiger partial charge in [0.05, 0.1) is 23.1 Å². The van der Waals surface area contributed by atoms with Gasteiger partial charge in [-0.05, 0) is 41.1 Å². The number of carbonyl (C=O) groups is 2. The molecule has 0 fully saturated rings.